The van der Waals surface area contributed by atoms with Gasteiger partial charge in [0.1, 0.15) is 5.82 Å². The molecule has 3 heterocycles. The van der Waals surface area contributed by atoms with Gasteiger partial charge in [-0.2, -0.15) is 0 Å². The molecule has 0 atom stereocenters. The first-order valence-corrected chi connectivity index (χ1v) is 5.67. The molecule has 3 rings (SSSR count). The summed E-state index contributed by atoms with van der Waals surface area (Å²) in [6.07, 6.45) is 1.62. The van der Waals surface area contributed by atoms with Gasteiger partial charge in [0.05, 0.1) is 11.7 Å². The number of nitrogens with one attached hydrogen (secondary N) is 1. The highest BCUT2D eigenvalue weighted by molar-refractivity contribution is 5.75. The summed E-state index contributed by atoms with van der Waals surface area (Å²) < 4.78 is 6.56. The Kier molecular flexibility index (Phi) is 2.36. The van der Waals surface area contributed by atoms with Crippen LogP contribution in [0.15, 0.2) is 21.5 Å². The van der Waals surface area contributed by atoms with Crippen molar-refractivity contribution in [1.29, 1.82) is 0 Å². The van der Waals surface area contributed by atoms with E-state index in [1.165, 1.54) is 4.57 Å². The van der Waals surface area contributed by atoms with Gasteiger partial charge in [0, 0.05) is 39.3 Å². The number of rotatable bonds is 1. The summed E-state index contributed by atoms with van der Waals surface area (Å²) in [7, 11) is 1.70. The Morgan fingerprint density at radius 3 is 2.94 bits per heavy atom. The summed E-state index contributed by atoms with van der Waals surface area (Å²) in [6, 6.07) is 1.91. The van der Waals surface area contributed by atoms with Crippen LogP contribution in [-0.4, -0.2) is 35.7 Å². The van der Waals surface area contributed by atoms with E-state index in [2.05, 4.69) is 15.2 Å². The lowest BCUT2D eigenvalue weighted by atomic mass is 10.3. The van der Waals surface area contributed by atoms with E-state index in [0.29, 0.717) is 5.58 Å². The van der Waals surface area contributed by atoms with Crippen LogP contribution < -0.4 is 16.0 Å². The highest BCUT2D eigenvalue weighted by atomic mass is 16.4. The van der Waals surface area contributed by atoms with E-state index >= 15 is 0 Å². The van der Waals surface area contributed by atoms with Crippen LogP contribution in [0.2, 0.25) is 0 Å². The summed E-state index contributed by atoms with van der Waals surface area (Å²) >= 11 is 0. The van der Waals surface area contributed by atoms with Gasteiger partial charge in [-0.25, -0.2) is 9.78 Å². The van der Waals surface area contributed by atoms with E-state index in [-0.39, 0.29) is 5.76 Å². The van der Waals surface area contributed by atoms with Crippen molar-refractivity contribution in [2.24, 2.45) is 7.05 Å². The summed E-state index contributed by atoms with van der Waals surface area (Å²) in [5.74, 6) is 0.551. The third-order valence-electron chi connectivity index (χ3n) is 3.11. The molecule has 0 aromatic carbocycles. The van der Waals surface area contributed by atoms with Gasteiger partial charge in [-0.15, -0.1) is 0 Å². The zero-order valence-electron chi connectivity index (χ0n) is 9.64. The minimum Gasteiger partial charge on any atom is -0.406 e. The molecule has 0 radical (unpaired) electrons. The van der Waals surface area contributed by atoms with Crippen LogP contribution in [0, 0.1) is 0 Å². The van der Waals surface area contributed by atoms with Gasteiger partial charge >= 0.3 is 5.76 Å². The van der Waals surface area contributed by atoms with Gasteiger partial charge in [0.15, 0.2) is 5.58 Å². The Hall–Kier alpha value is -1.82. The highest BCUT2D eigenvalue weighted by Crippen LogP contribution is 2.18. The van der Waals surface area contributed by atoms with Crippen LogP contribution in [0.3, 0.4) is 0 Å². The second-order valence-corrected chi connectivity index (χ2v) is 4.17. The second kappa shape index (κ2) is 3.89. The first-order valence-electron chi connectivity index (χ1n) is 5.67. The molecule has 17 heavy (non-hydrogen) atoms. The second-order valence-electron chi connectivity index (χ2n) is 4.17. The first kappa shape index (κ1) is 10.3. The van der Waals surface area contributed by atoms with Crippen LogP contribution in [0.1, 0.15) is 0 Å². The molecule has 2 aromatic rings. The number of fused-ring (bicyclic) bond motifs is 1. The molecule has 1 aliphatic heterocycles. The molecule has 1 N–H and O–H groups in total. The number of oxazole rings is 1. The van der Waals surface area contributed by atoms with E-state index in [1.54, 1.807) is 13.2 Å². The molecule has 0 saturated carbocycles. The van der Waals surface area contributed by atoms with Crippen LogP contribution in [-0.2, 0) is 7.05 Å². The minimum atomic E-state index is -0.348. The Morgan fingerprint density at radius 1 is 1.41 bits per heavy atom. The number of nitrogens with zero attached hydrogens (tertiary/aromatic N) is 3. The minimum absolute atomic E-state index is 0.348. The molecular weight excluding hydrogens is 220 g/mol. The number of pyridine rings is 1. The zero-order chi connectivity index (χ0) is 11.8. The number of hydrogen-bond acceptors (Lipinski definition) is 5. The van der Waals surface area contributed by atoms with E-state index < -0.39 is 0 Å². The molecule has 2 aromatic heterocycles. The van der Waals surface area contributed by atoms with Gasteiger partial charge < -0.3 is 14.6 Å². The number of hydrogen-bond donors (Lipinski definition) is 1. The third-order valence-corrected chi connectivity index (χ3v) is 3.11. The summed E-state index contributed by atoms with van der Waals surface area (Å²) in [5, 5.41) is 3.29. The SMILES string of the molecule is Cn1c(=O)oc2cnc(N3CCNCC3)cc21. The third kappa shape index (κ3) is 1.70. The fourth-order valence-electron chi connectivity index (χ4n) is 2.09. The Labute approximate surface area is 97.8 Å². The van der Waals surface area contributed by atoms with Crippen LogP contribution >= 0.6 is 0 Å². The fourth-order valence-corrected chi connectivity index (χ4v) is 2.09. The smallest absolute Gasteiger partial charge is 0.406 e. The Morgan fingerprint density at radius 2 is 2.18 bits per heavy atom. The molecule has 0 unspecified atom stereocenters. The lowest BCUT2D eigenvalue weighted by Gasteiger charge is -2.28. The molecule has 0 bridgehead atoms. The van der Waals surface area contributed by atoms with Crippen LogP contribution in [0.5, 0.6) is 0 Å². The summed E-state index contributed by atoms with van der Waals surface area (Å²) in [5.41, 5.74) is 1.33. The van der Waals surface area contributed by atoms with Crippen molar-refractivity contribution in [3.05, 3.63) is 22.8 Å². The van der Waals surface area contributed by atoms with Crippen molar-refractivity contribution in [3.8, 4) is 0 Å². The van der Waals surface area contributed by atoms with E-state index in [4.69, 9.17) is 4.42 Å². The predicted molar refractivity (Wildman–Crippen MR) is 64.3 cm³/mol. The van der Waals surface area contributed by atoms with E-state index in [9.17, 15) is 4.79 Å². The number of anilines is 1. The molecular formula is C11H14N4O2. The quantitative estimate of drug-likeness (QED) is 0.748. The topological polar surface area (TPSA) is 63.3 Å². The van der Waals surface area contributed by atoms with Gasteiger partial charge in [0.2, 0.25) is 0 Å². The Balaban J connectivity index is 2.05. The zero-order valence-corrected chi connectivity index (χ0v) is 9.64. The van der Waals surface area contributed by atoms with Crippen molar-refractivity contribution in [1.82, 2.24) is 14.9 Å². The molecule has 1 saturated heterocycles. The van der Waals surface area contributed by atoms with Crippen molar-refractivity contribution in [3.63, 3.8) is 0 Å². The van der Waals surface area contributed by atoms with Gasteiger partial charge in [-0.3, -0.25) is 4.57 Å². The van der Waals surface area contributed by atoms with Gasteiger partial charge in [-0.1, -0.05) is 0 Å². The van der Waals surface area contributed by atoms with E-state index in [0.717, 1.165) is 37.5 Å². The first-order chi connectivity index (χ1) is 8.25. The number of piperazine rings is 1. The monoisotopic (exact) mass is 234 g/mol. The molecule has 90 valence electrons. The highest BCUT2D eigenvalue weighted by Gasteiger charge is 2.14. The van der Waals surface area contributed by atoms with Gasteiger partial charge in [0.25, 0.3) is 0 Å². The van der Waals surface area contributed by atoms with E-state index in [1.807, 2.05) is 6.07 Å². The summed E-state index contributed by atoms with van der Waals surface area (Å²) in [6.45, 7) is 3.79. The average Bonchev–Trinajstić information content (AvgIpc) is 2.66. The van der Waals surface area contributed by atoms with Crippen molar-refractivity contribution in [2.45, 2.75) is 0 Å². The average molecular weight is 234 g/mol. The number of aromatic nitrogens is 2. The maximum Gasteiger partial charge on any atom is 0.419 e. The number of aryl methyl sites for hydroxylation is 1. The molecule has 0 spiro atoms. The standard InChI is InChI=1S/C11H14N4O2/c1-14-8-6-10(15-4-2-12-3-5-15)13-7-9(8)17-11(14)16/h6-7,12H,2-5H2,1H3. The predicted octanol–water partition coefficient (Wildman–Crippen LogP) is -0.0639. The van der Waals surface area contributed by atoms with Crippen molar-refractivity contribution < 1.29 is 4.42 Å². The lowest BCUT2D eigenvalue weighted by Crippen LogP contribution is -2.43. The van der Waals surface area contributed by atoms with Crippen molar-refractivity contribution in [2.75, 3.05) is 31.1 Å². The summed E-state index contributed by atoms with van der Waals surface area (Å²) in [4.78, 5) is 17.9. The van der Waals surface area contributed by atoms with Crippen LogP contribution in [0.25, 0.3) is 11.1 Å². The molecule has 6 nitrogen and oxygen atoms in total. The molecule has 6 heteroatoms. The maximum atomic E-state index is 11.4. The van der Waals surface area contributed by atoms with Crippen molar-refractivity contribution >= 4 is 16.9 Å². The van der Waals surface area contributed by atoms with Crippen LogP contribution in [0.4, 0.5) is 5.82 Å². The normalized spacial score (nSPS) is 16.6. The molecule has 1 aliphatic rings. The fraction of sp³-hybridized carbons (Fsp3) is 0.455. The lowest BCUT2D eigenvalue weighted by molar-refractivity contribution is 0.527. The molecule has 0 aliphatic carbocycles. The Bertz CT molecular complexity index is 595. The maximum absolute atomic E-state index is 11.4. The largest absolute Gasteiger partial charge is 0.419 e. The molecule has 0 amide bonds. The van der Waals surface area contributed by atoms with Gasteiger partial charge in [-0.05, 0) is 0 Å². The molecule has 1 fully saturated rings.